The largest absolute Gasteiger partial charge is 0.462 e. The van der Waals surface area contributed by atoms with Crippen molar-refractivity contribution in [2.24, 2.45) is 0 Å². The number of nitrogens with zero attached hydrogens (tertiary/aromatic N) is 18. The molecule has 1 unspecified atom stereocenters. The summed E-state index contributed by atoms with van der Waals surface area (Å²) in [7, 11) is 6.06. The average molecular weight is 1770 g/mol. The third-order valence-corrected chi connectivity index (χ3v) is 24.4. The summed E-state index contributed by atoms with van der Waals surface area (Å²) < 4.78 is 201. The monoisotopic (exact) mass is 1760 g/mol. The molecule has 0 saturated carbocycles. The van der Waals surface area contributed by atoms with Crippen LogP contribution in [0.2, 0.25) is 0 Å². The zero-order valence-corrected chi connectivity index (χ0v) is 69.7. The molecule has 0 N–H and O–H groups in total. The zero-order valence-electron chi connectivity index (χ0n) is 69.7. The number of carbonyl (C=O) groups is 3. The molecule has 6 fully saturated rings. The highest BCUT2D eigenvalue weighted by molar-refractivity contribution is 5.92. The SMILES string of the molecule is [C-]#[N+]C[C@H]1CN(c2nc(OC[C@@H]3CCCN3C)nc3c2COC(c2ccccc2C(F)(F)F)C3)CCN1C(=O)C(=C)F.[C-]#[N+]C[C@H]1CN(c2nc(OC[C@@H]3CCCN3C)nc3c2CO[C@@H](c2ccccc2C(F)(F)F)C3)CCN1C(=O)C(=C)F.[C-]#[N+]C[C@H]1CN(c2nc(OC[C@@H]3CCCN3C)nc3c2CO[C@H](c2ccccc2C(F)(F)F)C3)CCN1C(=O)C(=C)F. The van der Waals surface area contributed by atoms with Gasteiger partial charge in [0.1, 0.15) is 55.4 Å². The van der Waals surface area contributed by atoms with Crippen molar-refractivity contribution in [3.05, 3.63) is 211 Å². The van der Waals surface area contributed by atoms with Crippen molar-refractivity contribution < 1.29 is 95.5 Å². The van der Waals surface area contributed by atoms with E-state index >= 15 is 0 Å². The van der Waals surface area contributed by atoms with E-state index in [1.807, 2.05) is 35.8 Å². The summed E-state index contributed by atoms with van der Waals surface area (Å²) >= 11 is 0. The van der Waals surface area contributed by atoms with Gasteiger partial charge < -0.3 is 87.1 Å². The van der Waals surface area contributed by atoms with Crippen molar-refractivity contribution in [2.75, 3.05) is 154 Å². The Morgan fingerprint density at radius 2 is 0.667 bits per heavy atom. The van der Waals surface area contributed by atoms with Gasteiger partial charge >= 0.3 is 36.6 Å². The molecule has 3 aromatic heterocycles. The van der Waals surface area contributed by atoms with Crippen molar-refractivity contribution in [3.8, 4) is 18.0 Å². The molecule has 9 aliphatic heterocycles. The van der Waals surface area contributed by atoms with E-state index in [0.717, 1.165) is 76.4 Å². The maximum Gasteiger partial charge on any atom is 0.416 e. The summed E-state index contributed by atoms with van der Waals surface area (Å²) in [5.41, 5.74) is 1.18. The van der Waals surface area contributed by atoms with Crippen LogP contribution in [0.25, 0.3) is 14.5 Å². The summed E-state index contributed by atoms with van der Waals surface area (Å²) in [6.45, 7) is 36.9. The second-order valence-electron chi connectivity index (χ2n) is 32.3. The lowest BCUT2D eigenvalue weighted by Crippen LogP contribution is -2.57. The van der Waals surface area contributed by atoms with Crippen LogP contribution in [-0.4, -0.2) is 252 Å². The fourth-order valence-electron chi connectivity index (χ4n) is 17.7. The van der Waals surface area contributed by atoms with Crippen LogP contribution >= 0.6 is 0 Å². The van der Waals surface area contributed by atoms with Crippen molar-refractivity contribution in [1.29, 1.82) is 0 Å². The summed E-state index contributed by atoms with van der Waals surface area (Å²) in [4.78, 5) is 91.6. The molecule has 0 radical (unpaired) electrons. The van der Waals surface area contributed by atoms with E-state index in [2.05, 4.69) is 63.9 Å². The summed E-state index contributed by atoms with van der Waals surface area (Å²) in [6, 6.07) is 15.1. The molecule has 0 aliphatic carbocycles. The first-order valence-corrected chi connectivity index (χ1v) is 41.4. The van der Waals surface area contributed by atoms with E-state index < -0.39 is 107 Å². The fourth-order valence-corrected chi connectivity index (χ4v) is 17.7. The molecule has 9 aliphatic rings. The molecule has 27 nitrogen and oxygen atoms in total. The van der Waals surface area contributed by atoms with Gasteiger partial charge in [0.2, 0.25) is 19.6 Å². The molecule has 672 valence electrons. The first-order chi connectivity index (χ1) is 60.2. The van der Waals surface area contributed by atoms with Crippen LogP contribution in [0, 0.1) is 19.7 Å². The Hall–Kier alpha value is -11.3. The molecule has 15 rings (SSSR count). The Kier molecular flexibility index (Phi) is 29.4. The van der Waals surface area contributed by atoms with Gasteiger partial charge in [0.05, 0.1) is 71.9 Å². The van der Waals surface area contributed by atoms with Crippen LogP contribution < -0.4 is 28.9 Å². The van der Waals surface area contributed by atoms with Crippen LogP contribution in [-0.2, 0) is 86.2 Å². The number of alkyl halides is 9. The van der Waals surface area contributed by atoms with Gasteiger partial charge in [-0.3, -0.25) is 14.4 Å². The predicted octanol–water partition coefficient (Wildman–Crippen LogP) is 12.6. The third-order valence-electron chi connectivity index (χ3n) is 24.4. The standard InChI is InChI=1S/3C29H32F4N6O3/c3*1-18(30)27(40)39-12-11-38(15-20(39)14-34-2)26-22-17-41-25(21-8-4-5-9-23(21)29(31,32)33)13-24(22)35-28(36-26)42-16-19-7-6-10-37(19)3/h3*4-5,8-9,19-20,25H,1,6-7,10-17H2,3H3/t19-,20-,25?;19-,20-,25+;19-,20-,25-/m000/s1. The van der Waals surface area contributed by atoms with Gasteiger partial charge in [0.15, 0.2) is 17.5 Å². The highest BCUT2D eigenvalue weighted by atomic mass is 19.4. The Labute approximate surface area is 721 Å². The number of hydrogen-bond acceptors (Lipinski definition) is 21. The number of amides is 3. The van der Waals surface area contributed by atoms with Gasteiger partial charge in [0.25, 0.3) is 17.7 Å². The molecule has 39 heteroatoms. The van der Waals surface area contributed by atoms with Crippen molar-refractivity contribution >= 4 is 35.2 Å². The Bertz CT molecular complexity index is 4630. The van der Waals surface area contributed by atoms with Crippen molar-refractivity contribution in [2.45, 2.75) is 151 Å². The Morgan fingerprint density at radius 3 is 0.897 bits per heavy atom. The number of fused-ring (bicyclic) bond motifs is 3. The number of carbonyl (C=O) groups excluding carboxylic acids is 3. The van der Waals surface area contributed by atoms with Gasteiger partial charge in [-0.05, 0) is 114 Å². The molecule has 126 heavy (non-hydrogen) atoms. The van der Waals surface area contributed by atoms with Gasteiger partial charge in [0, 0.05) is 113 Å². The first-order valence-electron chi connectivity index (χ1n) is 41.4. The van der Waals surface area contributed by atoms with Crippen LogP contribution in [0.3, 0.4) is 0 Å². The maximum absolute atomic E-state index is 13.8. The number of rotatable bonds is 21. The predicted molar refractivity (Wildman–Crippen MR) is 436 cm³/mol. The zero-order chi connectivity index (χ0) is 90.1. The van der Waals surface area contributed by atoms with E-state index in [-0.39, 0.29) is 170 Å². The maximum atomic E-state index is 13.8. The minimum atomic E-state index is -4.54. The highest BCUT2D eigenvalue weighted by Gasteiger charge is 2.45. The molecule has 3 amide bonds. The van der Waals surface area contributed by atoms with Gasteiger partial charge in [-0.2, -0.15) is 69.4 Å². The number of likely N-dealkylation sites (tertiary alicyclic amines) is 3. The van der Waals surface area contributed by atoms with Gasteiger partial charge in [-0.1, -0.05) is 74.3 Å². The lowest BCUT2D eigenvalue weighted by Gasteiger charge is -2.40. The van der Waals surface area contributed by atoms with Crippen LogP contribution in [0.5, 0.6) is 18.0 Å². The van der Waals surface area contributed by atoms with E-state index in [1.165, 1.54) is 51.1 Å². The van der Waals surface area contributed by atoms with Gasteiger partial charge in [-0.15, -0.1) is 0 Å². The molecule has 12 heterocycles. The minimum absolute atomic E-state index is 0.0292. The fraction of sp³-hybridized carbons (Fsp3) is 0.517. The van der Waals surface area contributed by atoms with Crippen LogP contribution in [0.1, 0.15) is 124 Å². The molecular weight excluding hydrogens is 1670 g/mol. The second kappa shape index (κ2) is 40.1. The Balaban J connectivity index is 0.000000162. The summed E-state index contributed by atoms with van der Waals surface area (Å²) in [5, 5.41) is 0. The quantitative estimate of drug-likeness (QED) is 0.0371. The summed E-state index contributed by atoms with van der Waals surface area (Å²) in [6.07, 6.45) is -10.0. The highest BCUT2D eigenvalue weighted by Crippen LogP contribution is 2.46. The van der Waals surface area contributed by atoms with E-state index in [9.17, 15) is 67.1 Å². The van der Waals surface area contributed by atoms with Crippen molar-refractivity contribution in [1.82, 2.24) is 59.3 Å². The normalized spacial score (nSPS) is 22.9. The molecular formula is C87H96F12N18O9. The minimum Gasteiger partial charge on any atom is -0.462 e. The number of likely N-dealkylation sites (N-methyl/N-ethyl adjacent to an activating group) is 3. The number of benzene rings is 3. The van der Waals surface area contributed by atoms with E-state index in [1.54, 1.807) is 18.2 Å². The second-order valence-corrected chi connectivity index (χ2v) is 32.3. The topological polar surface area (TPSA) is 226 Å². The Morgan fingerprint density at radius 1 is 0.405 bits per heavy atom. The lowest BCUT2D eigenvalue weighted by molar-refractivity contribution is -0.140. The van der Waals surface area contributed by atoms with Crippen LogP contribution in [0.15, 0.2) is 110 Å². The summed E-state index contributed by atoms with van der Waals surface area (Å²) in [5.74, 6) is -4.43. The number of ether oxygens (including phenoxy) is 6. The van der Waals surface area contributed by atoms with E-state index in [4.69, 9.17) is 63.1 Å². The average Bonchev–Trinajstić information content (AvgIpc) is 0.788. The van der Waals surface area contributed by atoms with Crippen molar-refractivity contribution in [3.63, 3.8) is 0 Å². The smallest absolute Gasteiger partial charge is 0.416 e. The lowest BCUT2D eigenvalue weighted by atomic mass is 9.95. The number of halogens is 12. The molecule has 6 saturated heterocycles. The third kappa shape index (κ3) is 21.5. The van der Waals surface area contributed by atoms with E-state index in [0.29, 0.717) is 71.0 Å². The molecule has 6 aromatic rings. The number of anilines is 3. The van der Waals surface area contributed by atoms with Crippen LogP contribution in [0.4, 0.5) is 70.1 Å². The number of hydrogen-bond donors (Lipinski definition) is 0. The molecule has 0 spiro atoms. The molecule has 3 aromatic carbocycles. The number of aromatic nitrogens is 6. The van der Waals surface area contributed by atoms with Gasteiger partial charge in [-0.25, -0.2) is 32.9 Å². The first kappa shape index (κ1) is 92.4. The molecule has 9 atom stereocenters. The number of piperazine rings is 3. The molecule has 0 bridgehead atoms.